The molecule has 1 aliphatic rings. The molecule has 1 amide bonds. The van der Waals surface area contributed by atoms with Gasteiger partial charge in [0, 0.05) is 25.4 Å². The Hall–Kier alpha value is -2.03. The Kier molecular flexibility index (Phi) is 5.53. The zero-order chi connectivity index (χ0) is 17.9. The largest absolute Gasteiger partial charge is 0.502 e. The summed E-state index contributed by atoms with van der Waals surface area (Å²) in [6, 6.07) is 3.28. The van der Waals surface area contributed by atoms with Crippen LogP contribution in [0, 0.1) is 5.92 Å². The molecule has 0 spiro atoms. The van der Waals surface area contributed by atoms with Gasteiger partial charge in [0.25, 0.3) is 0 Å². The van der Waals surface area contributed by atoms with Crippen molar-refractivity contribution in [2.75, 3.05) is 33.1 Å². The summed E-state index contributed by atoms with van der Waals surface area (Å²) in [5.41, 5.74) is 0.788. The van der Waals surface area contributed by atoms with Gasteiger partial charge in [0.2, 0.25) is 11.7 Å². The van der Waals surface area contributed by atoms with E-state index in [2.05, 4.69) is 0 Å². The minimum Gasteiger partial charge on any atom is -0.502 e. The van der Waals surface area contributed by atoms with Gasteiger partial charge >= 0.3 is 10.2 Å². The third-order valence-electron chi connectivity index (χ3n) is 3.94. The highest BCUT2D eigenvalue weighted by molar-refractivity contribution is 7.86. The summed E-state index contributed by atoms with van der Waals surface area (Å²) < 4.78 is 44.3. The number of ether oxygens (including phenoxy) is 2. The highest BCUT2D eigenvalue weighted by Crippen LogP contribution is 2.37. The molecule has 134 valence electrons. The van der Waals surface area contributed by atoms with Crippen LogP contribution in [0.5, 0.6) is 17.2 Å². The standard InChI is InChI=1S/C15H20FNO6S/c1-22-12-5-10(6-13(23-2)15(12)19)3-4-17-8-11(7-14(17)18)9-24(16,20)21/h5-6,11,19H,3-4,7-9H2,1-2H3. The Morgan fingerprint density at radius 2 is 1.88 bits per heavy atom. The first-order chi connectivity index (χ1) is 11.2. The predicted molar refractivity (Wildman–Crippen MR) is 84.5 cm³/mol. The number of halogens is 1. The lowest BCUT2D eigenvalue weighted by Gasteiger charge is -2.17. The molecule has 9 heteroatoms. The van der Waals surface area contributed by atoms with E-state index in [4.69, 9.17) is 9.47 Å². The fourth-order valence-corrected chi connectivity index (χ4v) is 3.61. The topological polar surface area (TPSA) is 93.1 Å². The van der Waals surface area contributed by atoms with E-state index in [1.807, 2.05) is 0 Å². The number of hydrogen-bond acceptors (Lipinski definition) is 6. The molecule has 0 bridgehead atoms. The van der Waals surface area contributed by atoms with Crippen LogP contribution in [0.2, 0.25) is 0 Å². The van der Waals surface area contributed by atoms with Crippen molar-refractivity contribution >= 4 is 16.1 Å². The maximum atomic E-state index is 12.7. The predicted octanol–water partition coefficient (Wildman–Crippen LogP) is 1.10. The van der Waals surface area contributed by atoms with Crippen molar-refractivity contribution < 1.29 is 31.7 Å². The number of hydrogen-bond donors (Lipinski definition) is 1. The van der Waals surface area contributed by atoms with Crippen molar-refractivity contribution in [3.8, 4) is 17.2 Å². The second kappa shape index (κ2) is 7.25. The molecule has 1 aromatic rings. The summed E-state index contributed by atoms with van der Waals surface area (Å²) in [4.78, 5) is 13.4. The maximum absolute atomic E-state index is 12.7. The lowest BCUT2D eigenvalue weighted by atomic mass is 10.1. The van der Waals surface area contributed by atoms with Crippen molar-refractivity contribution in [2.45, 2.75) is 12.8 Å². The van der Waals surface area contributed by atoms with E-state index >= 15 is 0 Å². The van der Waals surface area contributed by atoms with E-state index in [9.17, 15) is 22.2 Å². The van der Waals surface area contributed by atoms with Gasteiger partial charge in [-0.1, -0.05) is 0 Å². The lowest BCUT2D eigenvalue weighted by molar-refractivity contribution is -0.127. The fourth-order valence-electron chi connectivity index (χ4n) is 2.82. The summed E-state index contributed by atoms with van der Waals surface area (Å²) >= 11 is 0. The van der Waals surface area contributed by atoms with Crippen LogP contribution in [0.4, 0.5) is 3.89 Å². The zero-order valence-corrected chi connectivity index (χ0v) is 14.3. The molecule has 0 saturated carbocycles. The number of nitrogens with zero attached hydrogens (tertiary/aromatic N) is 1. The first-order valence-corrected chi connectivity index (χ1v) is 8.92. The monoisotopic (exact) mass is 361 g/mol. The van der Waals surface area contributed by atoms with Crippen LogP contribution in [-0.2, 0) is 21.4 Å². The third-order valence-corrected chi connectivity index (χ3v) is 4.81. The van der Waals surface area contributed by atoms with Crippen LogP contribution in [0.1, 0.15) is 12.0 Å². The zero-order valence-electron chi connectivity index (χ0n) is 13.5. The summed E-state index contributed by atoms with van der Waals surface area (Å²) in [5.74, 6) is -0.917. The van der Waals surface area contributed by atoms with Gasteiger partial charge in [0.1, 0.15) is 0 Å². The normalized spacial score (nSPS) is 18.0. The SMILES string of the molecule is COc1cc(CCN2CC(CS(=O)(=O)F)CC2=O)cc(OC)c1O. The molecule has 24 heavy (non-hydrogen) atoms. The summed E-state index contributed by atoms with van der Waals surface area (Å²) in [7, 11) is -1.74. The fraction of sp³-hybridized carbons (Fsp3) is 0.533. The highest BCUT2D eigenvalue weighted by atomic mass is 32.3. The Morgan fingerprint density at radius 3 is 2.38 bits per heavy atom. The average Bonchev–Trinajstić information content (AvgIpc) is 2.83. The van der Waals surface area contributed by atoms with E-state index in [1.54, 1.807) is 12.1 Å². The molecule has 1 N–H and O–H groups in total. The Balaban J connectivity index is 2.02. The molecular weight excluding hydrogens is 341 g/mol. The van der Waals surface area contributed by atoms with Gasteiger partial charge < -0.3 is 19.5 Å². The summed E-state index contributed by atoms with van der Waals surface area (Å²) in [6.45, 7) is 0.576. The van der Waals surface area contributed by atoms with Crippen LogP contribution < -0.4 is 9.47 Å². The quantitative estimate of drug-likeness (QED) is 0.731. The molecule has 7 nitrogen and oxygen atoms in total. The number of benzene rings is 1. The van der Waals surface area contributed by atoms with Gasteiger partial charge in [-0.3, -0.25) is 4.79 Å². The Morgan fingerprint density at radius 1 is 1.29 bits per heavy atom. The van der Waals surface area contributed by atoms with E-state index in [0.29, 0.717) is 13.0 Å². The lowest BCUT2D eigenvalue weighted by Crippen LogP contribution is -2.28. The smallest absolute Gasteiger partial charge is 0.302 e. The second-order valence-electron chi connectivity index (χ2n) is 5.71. The highest BCUT2D eigenvalue weighted by Gasteiger charge is 2.32. The van der Waals surface area contributed by atoms with E-state index in [1.165, 1.54) is 19.1 Å². The van der Waals surface area contributed by atoms with Crippen LogP contribution in [-0.4, -0.2) is 57.4 Å². The Bertz CT molecular complexity index is 696. The van der Waals surface area contributed by atoms with Crippen LogP contribution in [0.15, 0.2) is 12.1 Å². The van der Waals surface area contributed by atoms with Gasteiger partial charge in [0.05, 0.1) is 20.0 Å². The third kappa shape index (κ3) is 4.50. The summed E-state index contributed by atoms with van der Waals surface area (Å²) in [6.07, 6.45) is 0.499. The Labute approximate surface area is 140 Å². The number of carbonyl (C=O) groups excluding carboxylic acids is 1. The number of aromatic hydroxyl groups is 1. The van der Waals surface area contributed by atoms with E-state index in [0.717, 1.165) is 5.56 Å². The summed E-state index contributed by atoms with van der Waals surface area (Å²) in [5, 5.41) is 9.87. The number of phenols is 1. The van der Waals surface area contributed by atoms with Crippen molar-refractivity contribution in [3.05, 3.63) is 17.7 Å². The molecule has 0 aromatic heterocycles. The van der Waals surface area contributed by atoms with Gasteiger partial charge in [-0.25, -0.2) is 0 Å². The first-order valence-electron chi connectivity index (χ1n) is 7.37. The van der Waals surface area contributed by atoms with Gasteiger partial charge in [0.15, 0.2) is 11.5 Å². The number of carbonyl (C=O) groups is 1. The average molecular weight is 361 g/mol. The van der Waals surface area contributed by atoms with Gasteiger partial charge in [-0.05, 0) is 24.1 Å². The molecule has 1 aromatic carbocycles. The van der Waals surface area contributed by atoms with Gasteiger partial charge in [-0.2, -0.15) is 8.42 Å². The molecule has 2 rings (SSSR count). The number of methoxy groups -OCH3 is 2. The van der Waals surface area contributed by atoms with Crippen molar-refractivity contribution in [1.29, 1.82) is 0 Å². The molecular formula is C15H20FNO6S. The molecule has 1 fully saturated rings. The van der Waals surface area contributed by atoms with Crippen molar-refractivity contribution in [2.24, 2.45) is 5.92 Å². The molecule has 1 aliphatic heterocycles. The second-order valence-corrected chi connectivity index (χ2v) is 7.13. The van der Waals surface area contributed by atoms with Crippen LogP contribution in [0.3, 0.4) is 0 Å². The van der Waals surface area contributed by atoms with E-state index in [-0.39, 0.29) is 36.1 Å². The maximum Gasteiger partial charge on any atom is 0.302 e. The minimum atomic E-state index is -4.58. The molecule has 1 saturated heterocycles. The van der Waals surface area contributed by atoms with Crippen molar-refractivity contribution in [1.82, 2.24) is 4.90 Å². The molecule has 1 heterocycles. The van der Waals surface area contributed by atoms with Gasteiger partial charge in [-0.15, -0.1) is 3.89 Å². The molecule has 1 atom stereocenters. The molecule has 0 aliphatic carbocycles. The first kappa shape index (κ1) is 18.3. The van der Waals surface area contributed by atoms with Crippen LogP contribution in [0.25, 0.3) is 0 Å². The minimum absolute atomic E-state index is 0.0331. The van der Waals surface area contributed by atoms with Crippen LogP contribution >= 0.6 is 0 Å². The number of rotatable bonds is 7. The number of phenolic OH excluding ortho intramolecular Hbond substituents is 1. The van der Waals surface area contributed by atoms with E-state index < -0.39 is 21.9 Å². The number of amides is 1. The number of likely N-dealkylation sites (tertiary alicyclic amines) is 1. The molecule has 0 radical (unpaired) electrons. The molecule has 1 unspecified atom stereocenters. The van der Waals surface area contributed by atoms with Crippen molar-refractivity contribution in [3.63, 3.8) is 0 Å².